The first kappa shape index (κ1) is 25.3. The lowest BCUT2D eigenvalue weighted by Gasteiger charge is -2.29. The monoisotopic (exact) mass is 459 g/mol. The van der Waals surface area contributed by atoms with Crippen LogP contribution in [0.4, 0.5) is 16.2 Å². The Balaban J connectivity index is 2.73. The van der Waals surface area contributed by atoms with E-state index in [1.54, 1.807) is 26.8 Å². The first-order valence-electron chi connectivity index (χ1n) is 10.0. The smallest absolute Gasteiger partial charge is 0.427 e. The predicted molar refractivity (Wildman–Crippen MR) is 123 cm³/mol. The Morgan fingerprint density at radius 2 is 1.61 bits per heavy atom. The zero-order valence-corrected chi connectivity index (χ0v) is 19.6. The second-order valence-electron chi connectivity index (χ2n) is 7.89. The standard InChI is InChI=1S/C23H29N3O7/c1-23(2,3)33-22(29)25-26(17(27)13-18(28)30-4)19-20(31-5)15(12-16(24)21(19)32-6)14-10-8-7-9-11-14/h7-12H,13,24H2,1-6H3,(H,25,29). The van der Waals surface area contributed by atoms with Crippen molar-refractivity contribution in [3.05, 3.63) is 36.4 Å². The molecule has 0 unspecified atom stereocenters. The number of amides is 2. The summed E-state index contributed by atoms with van der Waals surface area (Å²) in [6, 6.07) is 10.8. The van der Waals surface area contributed by atoms with Gasteiger partial charge in [0.25, 0.3) is 5.91 Å². The van der Waals surface area contributed by atoms with Crippen LogP contribution in [-0.4, -0.2) is 44.9 Å². The summed E-state index contributed by atoms with van der Waals surface area (Å²) in [5, 5.41) is 0.825. The summed E-state index contributed by atoms with van der Waals surface area (Å²) in [5.74, 6) is -1.39. The lowest BCUT2D eigenvalue weighted by atomic mass is 10.0. The number of anilines is 2. The van der Waals surface area contributed by atoms with Crippen LogP contribution in [0, 0.1) is 0 Å². The maximum atomic E-state index is 13.1. The van der Waals surface area contributed by atoms with E-state index in [0.717, 1.165) is 17.7 Å². The van der Waals surface area contributed by atoms with E-state index >= 15 is 0 Å². The molecule has 0 heterocycles. The summed E-state index contributed by atoms with van der Waals surface area (Å²) in [6.07, 6.45) is -1.61. The number of nitrogens with one attached hydrogen (secondary N) is 1. The van der Waals surface area contributed by atoms with Gasteiger partial charge in [-0.05, 0) is 32.4 Å². The van der Waals surface area contributed by atoms with E-state index in [1.807, 2.05) is 30.3 Å². The van der Waals surface area contributed by atoms with Crippen molar-refractivity contribution in [2.75, 3.05) is 32.1 Å². The Morgan fingerprint density at radius 1 is 1.00 bits per heavy atom. The van der Waals surface area contributed by atoms with Crippen LogP contribution in [0.25, 0.3) is 11.1 Å². The highest BCUT2D eigenvalue weighted by molar-refractivity contribution is 6.07. The fraction of sp³-hybridized carbons (Fsp3) is 0.348. The van der Waals surface area contributed by atoms with Crippen molar-refractivity contribution < 1.29 is 33.3 Å². The minimum Gasteiger partial charge on any atom is -0.494 e. The average Bonchev–Trinajstić information content (AvgIpc) is 2.75. The quantitative estimate of drug-likeness (QED) is 0.291. The van der Waals surface area contributed by atoms with Crippen molar-refractivity contribution in [1.82, 2.24) is 5.43 Å². The van der Waals surface area contributed by atoms with Gasteiger partial charge in [-0.1, -0.05) is 30.3 Å². The number of methoxy groups -OCH3 is 3. The topological polar surface area (TPSA) is 129 Å². The Hall–Kier alpha value is -3.95. The maximum absolute atomic E-state index is 13.1. The van der Waals surface area contributed by atoms with Crippen LogP contribution in [0.15, 0.2) is 36.4 Å². The summed E-state index contributed by atoms with van der Waals surface area (Å²) in [5.41, 5.74) is 9.21. The molecule has 2 aromatic carbocycles. The third-order valence-electron chi connectivity index (χ3n) is 4.33. The number of hydrogen-bond donors (Lipinski definition) is 2. The fourth-order valence-corrected chi connectivity index (χ4v) is 3.02. The molecule has 0 aliphatic carbocycles. The molecule has 33 heavy (non-hydrogen) atoms. The number of nitrogens with two attached hydrogens (primary N) is 1. The molecule has 0 aliphatic heterocycles. The molecular weight excluding hydrogens is 430 g/mol. The SMILES string of the molecule is COC(=O)CC(=O)N(NC(=O)OC(C)(C)C)c1c(OC)c(N)cc(-c2ccccc2)c1OC. The number of esters is 1. The molecule has 0 saturated carbocycles. The van der Waals surface area contributed by atoms with Gasteiger partial charge in [-0.25, -0.2) is 15.2 Å². The van der Waals surface area contributed by atoms with Gasteiger partial charge < -0.3 is 24.7 Å². The number of hydrogen-bond acceptors (Lipinski definition) is 8. The van der Waals surface area contributed by atoms with Crippen molar-refractivity contribution in [1.29, 1.82) is 0 Å². The molecular formula is C23H29N3O7. The van der Waals surface area contributed by atoms with Crippen LogP contribution in [0.5, 0.6) is 11.5 Å². The summed E-state index contributed by atoms with van der Waals surface area (Å²) >= 11 is 0. The molecule has 3 N–H and O–H groups in total. The van der Waals surface area contributed by atoms with Crippen molar-refractivity contribution in [2.45, 2.75) is 32.8 Å². The molecule has 0 bridgehead atoms. The average molecular weight is 459 g/mol. The number of rotatable bonds is 6. The highest BCUT2D eigenvalue weighted by Gasteiger charge is 2.32. The van der Waals surface area contributed by atoms with E-state index in [2.05, 4.69) is 10.2 Å². The number of benzene rings is 2. The molecule has 0 radical (unpaired) electrons. The van der Waals surface area contributed by atoms with Crippen LogP contribution < -0.4 is 25.6 Å². The number of carbonyl (C=O) groups is 3. The number of nitrogens with zero attached hydrogens (tertiary/aromatic N) is 1. The minimum atomic E-state index is -0.937. The zero-order valence-electron chi connectivity index (χ0n) is 19.6. The Labute approximate surface area is 192 Å². The van der Waals surface area contributed by atoms with Gasteiger partial charge in [0.1, 0.15) is 12.0 Å². The van der Waals surface area contributed by atoms with E-state index in [0.29, 0.717) is 5.56 Å². The Morgan fingerprint density at radius 3 is 2.12 bits per heavy atom. The van der Waals surface area contributed by atoms with E-state index in [1.165, 1.54) is 14.2 Å². The molecule has 0 saturated heterocycles. The zero-order chi connectivity index (χ0) is 24.8. The van der Waals surface area contributed by atoms with E-state index in [-0.39, 0.29) is 22.9 Å². The van der Waals surface area contributed by atoms with Gasteiger partial charge in [-0.2, -0.15) is 0 Å². The Bertz CT molecular complexity index is 1020. The lowest BCUT2D eigenvalue weighted by Crippen LogP contribution is -2.49. The number of nitrogen functional groups attached to an aromatic ring is 1. The molecule has 0 aromatic heterocycles. The second kappa shape index (κ2) is 10.6. The van der Waals surface area contributed by atoms with Gasteiger partial charge in [0.15, 0.2) is 17.2 Å². The van der Waals surface area contributed by atoms with Crippen molar-refractivity contribution >= 4 is 29.3 Å². The van der Waals surface area contributed by atoms with Gasteiger partial charge in [0, 0.05) is 5.56 Å². The van der Waals surface area contributed by atoms with Crippen LogP contribution in [0.2, 0.25) is 0 Å². The van der Waals surface area contributed by atoms with E-state index in [4.69, 9.17) is 19.9 Å². The molecule has 2 aromatic rings. The minimum absolute atomic E-state index is 0.00128. The van der Waals surface area contributed by atoms with Gasteiger partial charge in [0.05, 0.1) is 27.0 Å². The van der Waals surface area contributed by atoms with Crippen molar-refractivity contribution in [2.24, 2.45) is 0 Å². The van der Waals surface area contributed by atoms with Crippen LogP contribution >= 0.6 is 0 Å². The lowest BCUT2D eigenvalue weighted by molar-refractivity contribution is -0.143. The number of carbonyl (C=O) groups excluding carboxylic acids is 3. The highest BCUT2D eigenvalue weighted by Crippen LogP contribution is 2.48. The summed E-state index contributed by atoms with van der Waals surface area (Å²) in [6.45, 7) is 5.01. The molecule has 0 fully saturated rings. The van der Waals surface area contributed by atoms with Crippen LogP contribution in [-0.2, 0) is 19.1 Å². The molecule has 178 valence electrons. The van der Waals surface area contributed by atoms with Crippen molar-refractivity contribution in [3.8, 4) is 22.6 Å². The molecule has 0 atom stereocenters. The van der Waals surface area contributed by atoms with Gasteiger partial charge in [-0.3, -0.25) is 9.59 Å². The molecule has 2 amide bonds. The molecule has 10 heteroatoms. The molecule has 2 rings (SSSR count). The van der Waals surface area contributed by atoms with E-state index in [9.17, 15) is 14.4 Å². The summed E-state index contributed by atoms with van der Waals surface area (Å²) in [4.78, 5) is 37.5. The van der Waals surface area contributed by atoms with Crippen LogP contribution in [0.3, 0.4) is 0 Å². The normalized spacial score (nSPS) is 10.7. The van der Waals surface area contributed by atoms with E-state index < -0.39 is 30.0 Å². The third kappa shape index (κ3) is 6.28. The largest absolute Gasteiger partial charge is 0.494 e. The van der Waals surface area contributed by atoms with Gasteiger partial charge in [0.2, 0.25) is 0 Å². The highest BCUT2D eigenvalue weighted by atomic mass is 16.6. The Kier molecular flexibility index (Phi) is 8.11. The van der Waals surface area contributed by atoms with Crippen LogP contribution in [0.1, 0.15) is 27.2 Å². The van der Waals surface area contributed by atoms with Gasteiger partial charge >= 0.3 is 12.1 Å². The first-order valence-corrected chi connectivity index (χ1v) is 10.0. The molecule has 0 aliphatic rings. The van der Waals surface area contributed by atoms with Crippen molar-refractivity contribution in [3.63, 3.8) is 0 Å². The molecule has 0 spiro atoms. The summed E-state index contributed by atoms with van der Waals surface area (Å²) < 4.78 is 21.0. The summed E-state index contributed by atoms with van der Waals surface area (Å²) in [7, 11) is 3.90. The predicted octanol–water partition coefficient (Wildman–Crippen LogP) is 3.29. The second-order valence-corrected chi connectivity index (χ2v) is 7.89. The maximum Gasteiger partial charge on any atom is 0.427 e. The first-order chi connectivity index (χ1) is 15.5. The fourth-order valence-electron chi connectivity index (χ4n) is 3.02. The third-order valence-corrected chi connectivity index (χ3v) is 4.33. The van der Waals surface area contributed by atoms with Gasteiger partial charge in [-0.15, -0.1) is 0 Å². The molecule has 10 nitrogen and oxygen atoms in total. The number of hydrazine groups is 1. The number of ether oxygens (including phenoxy) is 4.